The molecule has 4 aromatic rings. The SMILES string of the molecule is C[C@@H](NC(=O)c1ccc2c(=O)n(-c3ccccc3)c(=S)[nH]c2c1)c1ccccc1. The van der Waals surface area contributed by atoms with Gasteiger partial charge in [0.25, 0.3) is 11.5 Å². The number of nitrogens with one attached hydrogen (secondary N) is 2. The van der Waals surface area contributed by atoms with Crippen molar-refractivity contribution >= 4 is 29.0 Å². The van der Waals surface area contributed by atoms with Crippen LogP contribution < -0.4 is 10.9 Å². The fourth-order valence-corrected chi connectivity index (χ4v) is 3.57. The molecule has 0 radical (unpaired) electrons. The van der Waals surface area contributed by atoms with Crippen molar-refractivity contribution in [1.29, 1.82) is 0 Å². The lowest BCUT2D eigenvalue weighted by Gasteiger charge is -2.15. The molecule has 0 aliphatic heterocycles. The maximum absolute atomic E-state index is 13.0. The van der Waals surface area contributed by atoms with E-state index in [1.54, 1.807) is 18.2 Å². The molecule has 0 spiro atoms. The van der Waals surface area contributed by atoms with Crippen LogP contribution >= 0.6 is 12.2 Å². The molecule has 2 N–H and O–H groups in total. The van der Waals surface area contributed by atoms with Crippen molar-refractivity contribution < 1.29 is 4.79 Å². The second kappa shape index (κ2) is 7.85. The van der Waals surface area contributed by atoms with Crippen LogP contribution in [0.1, 0.15) is 28.9 Å². The lowest BCUT2D eigenvalue weighted by Crippen LogP contribution is -2.27. The third-order valence-corrected chi connectivity index (χ3v) is 5.11. The summed E-state index contributed by atoms with van der Waals surface area (Å²) in [5.41, 5.74) is 2.49. The molecule has 1 aromatic heterocycles. The van der Waals surface area contributed by atoms with E-state index in [-0.39, 0.29) is 22.3 Å². The highest BCUT2D eigenvalue weighted by molar-refractivity contribution is 7.71. The monoisotopic (exact) mass is 401 g/mol. The van der Waals surface area contributed by atoms with Crippen molar-refractivity contribution in [2.75, 3.05) is 0 Å². The van der Waals surface area contributed by atoms with E-state index in [0.29, 0.717) is 22.2 Å². The number of para-hydroxylation sites is 1. The fraction of sp³-hybridized carbons (Fsp3) is 0.0870. The van der Waals surface area contributed by atoms with Crippen molar-refractivity contribution in [3.63, 3.8) is 0 Å². The van der Waals surface area contributed by atoms with Gasteiger partial charge in [0.05, 0.1) is 22.6 Å². The number of aromatic nitrogens is 2. The zero-order chi connectivity index (χ0) is 20.4. The molecular weight excluding hydrogens is 382 g/mol. The zero-order valence-electron chi connectivity index (χ0n) is 15.8. The van der Waals surface area contributed by atoms with Gasteiger partial charge in [0.1, 0.15) is 0 Å². The van der Waals surface area contributed by atoms with E-state index in [4.69, 9.17) is 12.2 Å². The third kappa shape index (κ3) is 3.75. The van der Waals surface area contributed by atoms with Crippen LogP contribution in [0.2, 0.25) is 0 Å². The second-order valence-corrected chi connectivity index (χ2v) is 7.16. The summed E-state index contributed by atoms with van der Waals surface area (Å²) in [6.07, 6.45) is 0. The van der Waals surface area contributed by atoms with Crippen LogP contribution in [0.15, 0.2) is 83.7 Å². The summed E-state index contributed by atoms with van der Waals surface area (Å²) in [5, 5.41) is 3.45. The van der Waals surface area contributed by atoms with Crippen LogP contribution in [0.3, 0.4) is 0 Å². The summed E-state index contributed by atoms with van der Waals surface area (Å²) < 4.78 is 1.73. The topological polar surface area (TPSA) is 66.9 Å². The average molecular weight is 401 g/mol. The molecule has 0 fully saturated rings. The molecule has 1 amide bonds. The van der Waals surface area contributed by atoms with Gasteiger partial charge in [-0.15, -0.1) is 0 Å². The van der Waals surface area contributed by atoms with Gasteiger partial charge in [0, 0.05) is 5.56 Å². The van der Waals surface area contributed by atoms with E-state index in [9.17, 15) is 9.59 Å². The molecule has 0 bridgehead atoms. The van der Waals surface area contributed by atoms with Crippen LogP contribution in [0.25, 0.3) is 16.6 Å². The number of carbonyl (C=O) groups is 1. The smallest absolute Gasteiger partial charge is 0.266 e. The number of hydrogen-bond acceptors (Lipinski definition) is 3. The molecule has 1 heterocycles. The molecule has 5 nitrogen and oxygen atoms in total. The molecule has 3 aromatic carbocycles. The van der Waals surface area contributed by atoms with Gasteiger partial charge in [-0.3, -0.25) is 14.2 Å². The molecule has 29 heavy (non-hydrogen) atoms. The standard InChI is InChI=1S/C23H19N3O2S/c1-15(16-8-4-2-5-9-16)24-21(27)17-12-13-19-20(14-17)25-23(29)26(22(19)28)18-10-6-3-7-11-18/h2-15H,1H3,(H,24,27)(H,25,29)/t15-/m1/s1. The van der Waals surface area contributed by atoms with Crippen molar-refractivity contribution in [1.82, 2.24) is 14.9 Å². The van der Waals surface area contributed by atoms with E-state index >= 15 is 0 Å². The molecule has 0 unspecified atom stereocenters. The van der Waals surface area contributed by atoms with E-state index in [1.165, 1.54) is 4.57 Å². The van der Waals surface area contributed by atoms with Gasteiger partial charge < -0.3 is 10.3 Å². The first-order valence-electron chi connectivity index (χ1n) is 9.25. The van der Waals surface area contributed by atoms with E-state index in [1.807, 2.05) is 67.6 Å². The van der Waals surface area contributed by atoms with E-state index in [0.717, 1.165) is 5.56 Å². The molecule has 6 heteroatoms. The van der Waals surface area contributed by atoms with Gasteiger partial charge in [-0.05, 0) is 55.0 Å². The highest BCUT2D eigenvalue weighted by Crippen LogP contribution is 2.16. The summed E-state index contributed by atoms with van der Waals surface area (Å²) in [6, 6.07) is 23.8. The highest BCUT2D eigenvalue weighted by atomic mass is 32.1. The number of nitrogens with zero attached hydrogens (tertiary/aromatic N) is 1. The number of hydrogen-bond donors (Lipinski definition) is 2. The minimum Gasteiger partial charge on any atom is -0.346 e. The Kier molecular flexibility index (Phi) is 5.10. The van der Waals surface area contributed by atoms with Gasteiger partial charge in [-0.1, -0.05) is 48.5 Å². The first-order valence-corrected chi connectivity index (χ1v) is 9.66. The number of carbonyl (C=O) groups excluding carboxylic acids is 1. The summed E-state index contributed by atoms with van der Waals surface area (Å²) in [4.78, 5) is 28.7. The van der Waals surface area contributed by atoms with Crippen LogP contribution in [-0.4, -0.2) is 15.5 Å². The van der Waals surface area contributed by atoms with Crippen LogP contribution in [0, 0.1) is 4.77 Å². The lowest BCUT2D eigenvalue weighted by atomic mass is 10.1. The molecule has 144 valence electrons. The summed E-state index contributed by atoms with van der Waals surface area (Å²) in [7, 11) is 0. The Morgan fingerprint density at radius 3 is 2.34 bits per heavy atom. The van der Waals surface area contributed by atoms with Crippen LogP contribution in [0.4, 0.5) is 0 Å². The molecule has 0 aliphatic carbocycles. The van der Waals surface area contributed by atoms with Crippen molar-refractivity contribution in [2.45, 2.75) is 13.0 Å². The second-order valence-electron chi connectivity index (χ2n) is 6.77. The lowest BCUT2D eigenvalue weighted by molar-refractivity contribution is 0.0940. The van der Waals surface area contributed by atoms with Crippen molar-refractivity contribution in [2.24, 2.45) is 0 Å². The highest BCUT2D eigenvalue weighted by Gasteiger charge is 2.14. The van der Waals surface area contributed by atoms with Crippen molar-refractivity contribution in [3.05, 3.63) is 105 Å². The van der Waals surface area contributed by atoms with Crippen LogP contribution in [-0.2, 0) is 0 Å². The quantitative estimate of drug-likeness (QED) is 0.494. The number of fused-ring (bicyclic) bond motifs is 1. The largest absolute Gasteiger partial charge is 0.346 e. The minimum atomic E-state index is -0.223. The van der Waals surface area contributed by atoms with Gasteiger partial charge in [-0.25, -0.2) is 0 Å². The van der Waals surface area contributed by atoms with Gasteiger partial charge in [0.2, 0.25) is 0 Å². The summed E-state index contributed by atoms with van der Waals surface area (Å²) in [5.74, 6) is -0.213. The van der Waals surface area contributed by atoms with Crippen molar-refractivity contribution in [3.8, 4) is 5.69 Å². The predicted molar refractivity (Wildman–Crippen MR) is 117 cm³/mol. The molecule has 0 saturated carbocycles. The fourth-order valence-electron chi connectivity index (χ4n) is 3.28. The summed E-state index contributed by atoms with van der Waals surface area (Å²) >= 11 is 5.40. The first-order chi connectivity index (χ1) is 14.0. The molecule has 1 atom stereocenters. The Hall–Kier alpha value is -3.51. The van der Waals surface area contributed by atoms with Gasteiger partial charge >= 0.3 is 0 Å². The Balaban J connectivity index is 1.69. The van der Waals surface area contributed by atoms with E-state index < -0.39 is 0 Å². The normalized spacial score (nSPS) is 11.9. The summed E-state index contributed by atoms with van der Waals surface area (Å²) in [6.45, 7) is 1.93. The Morgan fingerprint density at radius 1 is 1.00 bits per heavy atom. The number of amides is 1. The Bertz CT molecular complexity index is 1290. The third-order valence-electron chi connectivity index (χ3n) is 4.82. The maximum Gasteiger partial charge on any atom is 0.266 e. The number of H-pyrrole nitrogens is 1. The maximum atomic E-state index is 13.0. The molecule has 0 aliphatic rings. The zero-order valence-corrected chi connectivity index (χ0v) is 16.6. The molecular formula is C23H19N3O2S. The Labute approximate surface area is 172 Å². The number of benzene rings is 3. The van der Waals surface area contributed by atoms with E-state index in [2.05, 4.69) is 10.3 Å². The molecule has 4 rings (SSSR count). The average Bonchev–Trinajstić information content (AvgIpc) is 2.74. The van der Waals surface area contributed by atoms with Crippen LogP contribution in [0.5, 0.6) is 0 Å². The predicted octanol–water partition coefficient (Wildman–Crippen LogP) is 4.54. The van der Waals surface area contributed by atoms with Gasteiger partial charge in [-0.2, -0.15) is 0 Å². The first kappa shape index (κ1) is 18.8. The Morgan fingerprint density at radius 2 is 1.66 bits per heavy atom. The van der Waals surface area contributed by atoms with Gasteiger partial charge in [0.15, 0.2) is 4.77 Å². The number of aromatic amines is 1. The minimum absolute atomic E-state index is 0.135. The molecule has 0 saturated heterocycles. The number of rotatable bonds is 4.